The second kappa shape index (κ2) is 7.85. The number of hydrogen-bond acceptors (Lipinski definition) is 5. The molecule has 2 unspecified atom stereocenters. The van der Waals surface area contributed by atoms with Gasteiger partial charge in [-0.15, -0.1) is 0 Å². The van der Waals surface area contributed by atoms with Crippen molar-refractivity contribution in [3.8, 4) is 0 Å². The van der Waals surface area contributed by atoms with Crippen LogP contribution in [0.5, 0.6) is 0 Å². The molecule has 1 aromatic carbocycles. The van der Waals surface area contributed by atoms with Gasteiger partial charge in [0.05, 0.1) is 18.7 Å². The first-order valence-corrected chi connectivity index (χ1v) is 10.2. The van der Waals surface area contributed by atoms with Crippen LogP contribution in [-0.2, 0) is 0 Å². The highest BCUT2D eigenvalue weighted by atomic mass is 16.3. The molecule has 27 heavy (non-hydrogen) atoms. The minimum absolute atomic E-state index is 0.177. The van der Waals surface area contributed by atoms with Crippen LogP contribution >= 0.6 is 0 Å². The van der Waals surface area contributed by atoms with Gasteiger partial charge in [0, 0.05) is 19.2 Å². The zero-order valence-electron chi connectivity index (χ0n) is 16.4. The second-order valence-electron chi connectivity index (χ2n) is 7.96. The molecule has 0 bridgehead atoms. The summed E-state index contributed by atoms with van der Waals surface area (Å²) in [4.78, 5) is 13.8. The quantitative estimate of drug-likeness (QED) is 0.892. The Hall–Kier alpha value is -2.14. The first-order chi connectivity index (χ1) is 13.2. The molecule has 0 saturated carbocycles. The van der Waals surface area contributed by atoms with Gasteiger partial charge in [0.1, 0.15) is 18.0 Å². The van der Waals surface area contributed by atoms with Crippen LogP contribution in [0.25, 0.3) is 0 Å². The normalized spacial score (nSPS) is 23.1. The smallest absolute Gasteiger partial charge is 0.134 e. The summed E-state index contributed by atoms with van der Waals surface area (Å²) < 4.78 is 0. The molecular weight excluding hydrogens is 336 g/mol. The summed E-state index contributed by atoms with van der Waals surface area (Å²) in [5.41, 5.74) is 4.07. The van der Waals surface area contributed by atoms with Gasteiger partial charge in [-0.2, -0.15) is 0 Å². The van der Waals surface area contributed by atoms with E-state index in [-0.39, 0.29) is 12.6 Å². The summed E-state index contributed by atoms with van der Waals surface area (Å²) in [6, 6.07) is 9.49. The molecule has 2 fully saturated rings. The molecular formula is C22H30N4O. The van der Waals surface area contributed by atoms with E-state index in [1.807, 2.05) is 0 Å². The van der Waals surface area contributed by atoms with Crippen molar-refractivity contribution >= 4 is 11.6 Å². The summed E-state index contributed by atoms with van der Waals surface area (Å²) in [5, 5.41) is 9.75. The van der Waals surface area contributed by atoms with Crippen molar-refractivity contribution in [2.24, 2.45) is 0 Å². The van der Waals surface area contributed by atoms with Gasteiger partial charge in [-0.3, -0.25) is 0 Å². The number of aromatic nitrogens is 2. The largest absolute Gasteiger partial charge is 0.394 e. The molecule has 0 spiro atoms. The lowest BCUT2D eigenvalue weighted by molar-refractivity contribution is 0.239. The zero-order valence-corrected chi connectivity index (χ0v) is 16.4. The molecule has 5 nitrogen and oxygen atoms in total. The minimum atomic E-state index is 0.177. The monoisotopic (exact) mass is 366 g/mol. The van der Waals surface area contributed by atoms with E-state index in [1.54, 1.807) is 6.33 Å². The van der Waals surface area contributed by atoms with Crippen molar-refractivity contribution in [1.82, 2.24) is 9.97 Å². The molecule has 0 aliphatic carbocycles. The predicted octanol–water partition coefficient (Wildman–Crippen LogP) is 3.79. The van der Waals surface area contributed by atoms with Gasteiger partial charge in [-0.1, -0.05) is 18.2 Å². The van der Waals surface area contributed by atoms with Crippen molar-refractivity contribution in [2.45, 2.75) is 58.0 Å². The van der Waals surface area contributed by atoms with Crippen LogP contribution in [0.15, 0.2) is 30.6 Å². The van der Waals surface area contributed by atoms with Crippen LogP contribution in [0.3, 0.4) is 0 Å². The van der Waals surface area contributed by atoms with E-state index in [2.05, 4.69) is 57.9 Å². The standard InChI is InChI=1S/C22H30N4O/c1-16-8-9-18(12-17(16)2)20-7-5-11-26(20)22-13-21(23-15-24-22)25-10-4-3-6-19(25)14-27/h8-9,12-13,15,19-20,27H,3-7,10-11,14H2,1-2H3. The lowest BCUT2D eigenvalue weighted by Crippen LogP contribution is -2.42. The Bertz CT molecular complexity index is 794. The fourth-order valence-electron chi connectivity index (χ4n) is 4.50. The molecule has 2 atom stereocenters. The van der Waals surface area contributed by atoms with Crippen molar-refractivity contribution in [1.29, 1.82) is 0 Å². The SMILES string of the molecule is Cc1ccc(C2CCCN2c2cc(N3CCCCC3CO)ncn2)cc1C. The van der Waals surface area contributed by atoms with Crippen molar-refractivity contribution in [3.63, 3.8) is 0 Å². The highest BCUT2D eigenvalue weighted by molar-refractivity contribution is 5.53. The molecule has 2 aliphatic heterocycles. The average molecular weight is 367 g/mol. The number of piperidine rings is 1. The van der Waals surface area contributed by atoms with Crippen LogP contribution in [0, 0.1) is 13.8 Å². The van der Waals surface area contributed by atoms with Crippen molar-refractivity contribution in [2.75, 3.05) is 29.5 Å². The molecule has 2 saturated heterocycles. The first-order valence-electron chi connectivity index (χ1n) is 10.2. The fourth-order valence-corrected chi connectivity index (χ4v) is 4.50. The van der Waals surface area contributed by atoms with Crippen LogP contribution in [-0.4, -0.2) is 40.8 Å². The minimum Gasteiger partial charge on any atom is -0.394 e. The van der Waals surface area contributed by atoms with E-state index in [4.69, 9.17) is 0 Å². The molecule has 144 valence electrons. The van der Waals surface area contributed by atoms with Gasteiger partial charge >= 0.3 is 0 Å². The average Bonchev–Trinajstić information content (AvgIpc) is 3.20. The molecule has 1 aromatic heterocycles. The Morgan fingerprint density at radius 3 is 2.48 bits per heavy atom. The molecule has 5 heteroatoms. The molecule has 2 aliphatic rings. The van der Waals surface area contributed by atoms with Crippen molar-refractivity contribution in [3.05, 3.63) is 47.3 Å². The summed E-state index contributed by atoms with van der Waals surface area (Å²) >= 11 is 0. The lowest BCUT2D eigenvalue weighted by atomic mass is 9.99. The van der Waals surface area contributed by atoms with E-state index < -0.39 is 0 Å². The Labute approximate surface area is 162 Å². The first kappa shape index (κ1) is 18.2. The zero-order chi connectivity index (χ0) is 18.8. The second-order valence-corrected chi connectivity index (χ2v) is 7.96. The fraction of sp³-hybridized carbons (Fsp3) is 0.545. The van der Waals surface area contributed by atoms with Gasteiger partial charge in [0.25, 0.3) is 0 Å². The van der Waals surface area contributed by atoms with Gasteiger partial charge in [0.2, 0.25) is 0 Å². The summed E-state index contributed by atoms with van der Waals surface area (Å²) in [7, 11) is 0. The molecule has 0 radical (unpaired) electrons. The Kier molecular flexibility index (Phi) is 5.30. The maximum atomic E-state index is 9.75. The maximum absolute atomic E-state index is 9.75. The van der Waals surface area contributed by atoms with E-state index in [0.29, 0.717) is 6.04 Å². The number of rotatable bonds is 4. The Morgan fingerprint density at radius 2 is 1.70 bits per heavy atom. The van der Waals surface area contributed by atoms with Gasteiger partial charge in [-0.05, 0) is 62.6 Å². The van der Waals surface area contributed by atoms with Crippen LogP contribution in [0.2, 0.25) is 0 Å². The molecule has 0 amide bonds. The highest BCUT2D eigenvalue weighted by Crippen LogP contribution is 2.37. The molecule has 4 rings (SSSR count). The number of hydrogen-bond donors (Lipinski definition) is 1. The van der Waals surface area contributed by atoms with E-state index in [1.165, 1.54) is 29.5 Å². The van der Waals surface area contributed by atoms with Gasteiger partial charge in [-0.25, -0.2) is 9.97 Å². The number of aliphatic hydroxyl groups excluding tert-OH is 1. The molecule has 3 heterocycles. The van der Waals surface area contributed by atoms with Crippen LogP contribution in [0.1, 0.15) is 54.8 Å². The Balaban J connectivity index is 1.61. The summed E-state index contributed by atoms with van der Waals surface area (Å²) in [6.07, 6.45) is 7.39. The third-order valence-electron chi connectivity index (χ3n) is 6.23. The number of aliphatic hydroxyl groups is 1. The van der Waals surface area contributed by atoms with E-state index >= 15 is 0 Å². The van der Waals surface area contributed by atoms with Gasteiger partial charge in [0.15, 0.2) is 0 Å². The highest BCUT2D eigenvalue weighted by Gasteiger charge is 2.29. The molecule has 2 aromatic rings. The van der Waals surface area contributed by atoms with Crippen LogP contribution < -0.4 is 9.80 Å². The molecule has 1 N–H and O–H groups in total. The number of anilines is 2. The predicted molar refractivity (Wildman–Crippen MR) is 109 cm³/mol. The maximum Gasteiger partial charge on any atom is 0.134 e. The van der Waals surface area contributed by atoms with Crippen molar-refractivity contribution < 1.29 is 5.11 Å². The number of benzene rings is 1. The number of aryl methyl sites for hydroxylation is 2. The Morgan fingerprint density at radius 1 is 0.926 bits per heavy atom. The number of nitrogens with zero attached hydrogens (tertiary/aromatic N) is 4. The van der Waals surface area contributed by atoms with Gasteiger partial charge < -0.3 is 14.9 Å². The van der Waals surface area contributed by atoms with E-state index in [9.17, 15) is 5.11 Å². The topological polar surface area (TPSA) is 52.5 Å². The van der Waals surface area contributed by atoms with E-state index in [0.717, 1.165) is 44.0 Å². The summed E-state index contributed by atoms with van der Waals surface area (Å²) in [6.45, 7) is 6.53. The third kappa shape index (κ3) is 3.65. The third-order valence-corrected chi connectivity index (χ3v) is 6.23. The summed E-state index contributed by atoms with van der Waals surface area (Å²) in [5.74, 6) is 1.95. The lowest BCUT2D eigenvalue weighted by Gasteiger charge is -2.36. The van der Waals surface area contributed by atoms with Crippen LogP contribution in [0.4, 0.5) is 11.6 Å².